The van der Waals surface area contributed by atoms with Crippen LogP contribution in [0.15, 0.2) is 36.5 Å². The number of phenols is 1. The van der Waals surface area contributed by atoms with Crippen molar-refractivity contribution >= 4 is 11.6 Å². The van der Waals surface area contributed by atoms with Gasteiger partial charge in [0.25, 0.3) is 0 Å². The summed E-state index contributed by atoms with van der Waals surface area (Å²) in [4.78, 5) is 4.42. The van der Waals surface area contributed by atoms with Crippen LogP contribution in [-0.4, -0.2) is 10.1 Å². The fourth-order valence-corrected chi connectivity index (χ4v) is 2.15. The van der Waals surface area contributed by atoms with Crippen LogP contribution in [0.1, 0.15) is 24.3 Å². The molecular weight excluding hydrogens is 234 g/mol. The van der Waals surface area contributed by atoms with E-state index in [0.29, 0.717) is 10.9 Å². The molecule has 1 saturated carbocycles. The molecule has 1 N–H and O–H groups in total. The molecule has 1 aromatic heterocycles. The maximum atomic E-state index is 9.47. The molecule has 1 aliphatic carbocycles. The van der Waals surface area contributed by atoms with Crippen LogP contribution in [0.3, 0.4) is 0 Å². The highest BCUT2D eigenvalue weighted by molar-refractivity contribution is 6.33. The number of benzene rings is 1. The Kier molecular flexibility index (Phi) is 2.52. The third kappa shape index (κ3) is 2.13. The summed E-state index contributed by atoms with van der Waals surface area (Å²) in [5.74, 6) is 0.911. The smallest absolute Gasteiger partial charge is 0.116 e. The lowest BCUT2D eigenvalue weighted by Crippen LogP contribution is -1.87. The monoisotopic (exact) mass is 245 g/mol. The van der Waals surface area contributed by atoms with E-state index in [4.69, 9.17) is 11.6 Å². The predicted octanol–water partition coefficient (Wildman–Crippen LogP) is 3.99. The zero-order valence-corrected chi connectivity index (χ0v) is 9.98. The van der Waals surface area contributed by atoms with Crippen LogP contribution in [0, 0.1) is 0 Å². The Hall–Kier alpha value is -1.54. The number of aromatic nitrogens is 1. The summed E-state index contributed by atoms with van der Waals surface area (Å²) in [7, 11) is 0. The van der Waals surface area contributed by atoms with Crippen LogP contribution in [-0.2, 0) is 0 Å². The lowest BCUT2D eigenvalue weighted by atomic mass is 10.1. The highest BCUT2D eigenvalue weighted by atomic mass is 35.5. The number of phenolic OH excluding ortho intramolecular Hbond substituents is 1. The van der Waals surface area contributed by atoms with E-state index in [2.05, 4.69) is 11.1 Å². The van der Waals surface area contributed by atoms with Gasteiger partial charge in [0.1, 0.15) is 5.75 Å². The van der Waals surface area contributed by atoms with Gasteiger partial charge < -0.3 is 5.11 Å². The van der Waals surface area contributed by atoms with Gasteiger partial charge >= 0.3 is 0 Å². The van der Waals surface area contributed by atoms with Crippen molar-refractivity contribution in [1.82, 2.24) is 4.98 Å². The number of rotatable bonds is 2. The minimum Gasteiger partial charge on any atom is -0.508 e. The molecule has 0 radical (unpaired) electrons. The van der Waals surface area contributed by atoms with Crippen molar-refractivity contribution in [2.24, 2.45) is 0 Å². The molecule has 86 valence electrons. The van der Waals surface area contributed by atoms with Gasteiger partial charge in [-0.05, 0) is 48.6 Å². The lowest BCUT2D eigenvalue weighted by molar-refractivity contribution is 0.475. The maximum absolute atomic E-state index is 9.47. The first kappa shape index (κ1) is 10.6. The summed E-state index contributed by atoms with van der Waals surface area (Å²) in [6, 6.07) is 8.96. The Morgan fingerprint density at radius 1 is 1.18 bits per heavy atom. The fraction of sp³-hybridized carbons (Fsp3) is 0.214. The van der Waals surface area contributed by atoms with Gasteiger partial charge in [0.2, 0.25) is 0 Å². The van der Waals surface area contributed by atoms with E-state index >= 15 is 0 Å². The molecule has 1 aromatic carbocycles. The van der Waals surface area contributed by atoms with E-state index in [-0.39, 0.29) is 5.75 Å². The van der Waals surface area contributed by atoms with Gasteiger partial charge in [0.05, 0.1) is 10.7 Å². The van der Waals surface area contributed by atoms with Crippen LogP contribution < -0.4 is 0 Å². The van der Waals surface area contributed by atoms with E-state index in [1.807, 2.05) is 12.3 Å². The Morgan fingerprint density at radius 2 is 2.00 bits per heavy atom. The molecule has 1 fully saturated rings. The van der Waals surface area contributed by atoms with Crippen LogP contribution in [0.4, 0.5) is 0 Å². The molecule has 0 unspecified atom stereocenters. The average molecular weight is 246 g/mol. The first-order valence-electron chi connectivity index (χ1n) is 5.69. The van der Waals surface area contributed by atoms with Crippen LogP contribution in [0.2, 0.25) is 5.02 Å². The molecule has 2 aromatic rings. The average Bonchev–Trinajstić information content (AvgIpc) is 3.17. The van der Waals surface area contributed by atoms with Crippen molar-refractivity contribution in [1.29, 1.82) is 0 Å². The van der Waals surface area contributed by atoms with Crippen molar-refractivity contribution < 1.29 is 5.11 Å². The van der Waals surface area contributed by atoms with Gasteiger partial charge in [-0.25, -0.2) is 0 Å². The first-order valence-corrected chi connectivity index (χ1v) is 6.06. The Balaban J connectivity index is 1.99. The minimum absolute atomic E-state index is 0.206. The highest BCUT2D eigenvalue weighted by Crippen LogP contribution is 2.40. The topological polar surface area (TPSA) is 33.1 Å². The molecule has 3 rings (SSSR count). The summed E-state index contributed by atoms with van der Waals surface area (Å²) in [5.41, 5.74) is 2.87. The summed E-state index contributed by atoms with van der Waals surface area (Å²) in [5, 5.41) is 10.1. The predicted molar refractivity (Wildman–Crippen MR) is 68.3 cm³/mol. The summed E-state index contributed by atoms with van der Waals surface area (Å²) < 4.78 is 0. The standard InChI is InChI=1S/C14H12ClNO/c15-13-5-4-11(17)7-12(13)14-6-3-10(8-16-14)9-1-2-9/h3-9,17H,1-2H2. The summed E-state index contributed by atoms with van der Waals surface area (Å²) in [6.07, 6.45) is 4.45. The number of pyridine rings is 1. The lowest BCUT2D eigenvalue weighted by Gasteiger charge is -2.05. The number of halogens is 1. The summed E-state index contributed by atoms with van der Waals surface area (Å²) in [6.45, 7) is 0. The zero-order valence-electron chi connectivity index (χ0n) is 9.23. The maximum Gasteiger partial charge on any atom is 0.116 e. The minimum atomic E-state index is 0.206. The molecule has 0 amide bonds. The molecule has 1 aliphatic rings. The van der Waals surface area contributed by atoms with E-state index in [1.54, 1.807) is 18.2 Å². The van der Waals surface area contributed by atoms with Gasteiger partial charge in [-0.1, -0.05) is 17.7 Å². The third-order valence-corrected chi connectivity index (χ3v) is 3.39. The third-order valence-electron chi connectivity index (χ3n) is 3.06. The van der Waals surface area contributed by atoms with Gasteiger partial charge in [-0.2, -0.15) is 0 Å². The first-order chi connectivity index (χ1) is 8.24. The molecule has 0 atom stereocenters. The van der Waals surface area contributed by atoms with Gasteiger partial charge in [0, 0.05) is 11.8 Å². The van der Waals surface area contributed by atoms with E-state index in [9.17, 15) is 5.11 Å². The SMILES string of the molecule is Oc1ccc(Cl)c(-c2ccc(C3CC3)cn2)c1. The van der Waals surface area contributed by atoms with Crippen molar-refractivity contribution in [3.63, 3.8) is 0 Å². The molecule has 0 aliphatic heterocycles. The van der Waals surface area contributed by atoms with E-state index in [0.717, 1.165) is 11.3 Å². The zero-order chi connectivity index (χ0) is 11.8. The Bertz CT molecular complexity index is 547. The molecular formula is C14H12ClNO. The largest absolute Gasteiger partial charge is 0.508 e. The quantitative estimate of drug-likeness (QED) is 0.868. The molecule has 0 spiro atoms. The molecule has 1 heterocycles. The van der Waals surface area contributed by atoms with Gasteiger partial charge in [-0.3, -0.25) is 4.98 Å². The normalized spacial score (nSPS) is 14.9. The fourth-order valence-electron chi connectivity index (χ4n) is 1.93. The molecule has 17 heavy (non-hydrogen) atoms. The highest BCUT2D eigenvalue weighted by Gasteiger charge is 2.23. The van der Waals surface area contributed by atoms with Crippen LogP contribution in [0.25, 0.3) is 11.3 Å². The Morgan fingerprint density at radius 3 is 2.65 bits per heavy atom. The molecule has 0 saturated heterocycles. The van der Waals surface area contributed by atoms with Crippen molar-refractivity contribution in [3.05, 3.63) is 47.1 Å². The molecule has 2 nitrogen and oxygen atoms in total. The number of aromatic hydroxyl groups is 1. The number of hydrogen-bond donors (Lipinski definition) is 1. The molecule has 0 bridgehead atoms. The van der Waals surface area contributed by atoms with Crippen molar-refractivity contribution in [2.75, 3.05) is 0 Å². The summed E-state index contributed by atoms with van der Waals surface area (Å²) >= 11 is 6.09. The number of hydrogen-bond acceptors (Lipinski definition) is 2. The van der Waals surface area contributed by atoms with Gasteiger partial charge in [0.15, 0.2) is 0 Å². The second-order valence-electron chi connectivity index (χ2n) is 4.42. The van der Waals surface area contributed by atoms with E-state index in [1.165, 1.54) is 18.4 Å². The second-order valence-corrected chi connectivity index (χ2v) is 4.82. The molecule has 3 heteroatoms. The van der Waals surface area contributed by atoms with Crippen LogP contribution in [0.5, 0.6) is 5.75 Å². The van der Waals surface area contributed by atoms with Gasteiger partial charge in [-0.15, -0.1) is 0 Å². The second kappa shape index (κ2) is 4.04. The van der Waals surface area contributed by atoms with Crippen molar-refractivity contribution in [3.8, 4) is 17.0 Å². The van der Waals surface area contributed by atoms with Crippen LogP contribution >= 0.6 is 11.6 Å². The Labute approximate surface area is 105 Å². The number of nitrogens with zero attached hydrogens (tertiary/aromatic N) is 1. The van der Waals surface area contributed by atoms with Crippen molar-refractivity contribution in [2.45, 2.75) is 18.8 Å². The van der Waals surface area contributed by atoms with E-state index < -0.39 is 0 Å².